The topological polar surface area (TPSA) is 0 Å². The highest BCUT2D eigenvalue weighted by Crippen LogP contribution is 2.43. The highest BCUT2D eigenvalue weighted by Gasteiger charge is 2.31. The summed E-state index contributed by atoms with van der Waals surface area (Å²) in [6.07, 6.45) is 14.0. The van der Waals surface area contributed by atoms with Crippen molar-refractivity contribution in [1.29, 1.82) is 0 Å². The molecule has 0 nitrogen and oxygen atoms in total. The first kappa shape index (κ1) is 14.5. The van der Waals surface area contributed by atoms with Crippen LogP contribution in [0.5, 0.6) is 0 Å². The van der Waals surface area contributed by atoms with Gasteiger partial charge >= 0.3 is 0 Å². The molecule has 0 bridgehead atoms. The lowest BCUT2D eigenvalue weighted by Gasteiger charge is -2.39. The molecular formula is C17H30. The van der Waals surface area contributed by atoms with E-state index in [1.165, 1.54) is 56.9 Å². The van der Waals surface area contributed by atoms with E-state index in [4.69, 9.17) is 0 Å². The molecule has 3 atom stereocenters. The van der Waals surface area contributed by atoms with E-state index in [2.05, 4.69) is 19.2 Å². The predicted molar refractivity (Wildman–Crippen MR) is 78.1 cm³/mol. The molecule has 0 aromatic rings. The number of fused-ring (bicyclic) bond motifs is 1. The number of hydrogen-bond donors (Lipinski definition) is 0. The normalized spacial score (nSPS) is 31.8. The molecule has 2 aliphatic carbocycles. The Morgan fingerprint density at radius 3 is 2.24 bits per heavy atom. The molecule has 0 radical (unpaired) electrons. The molecule has 0 spiro atoms. The maximum atomic E-state index is 3.86. The van der Waals surface area contributed by atoms with E-state index in [9.17, 15) is 0 Å². The van der Waals surface area contributed by atoms with Crippen LogP contribution in [0.1, 0.15) is 65.2 Å². The van der Waals surface area contributed by atoms with Crippen molar-refractivity contribution >= 4 is 0 Å². The Hall–Kier alpha value is -0.520. The van der Waals surface area contributed by atoms with E-state index in [1.807, 2.05) is 13.8 Å². The van der Waals surface area contributed by atoms with Gasteiger partial charge in [0, 0.05) is 0 Å². The van der Waals surface area contributed by atoms with Crippen LogP contribution in [0.25, 0.3) is 0 Å². The van der Waals surface area contributed by atoms with E-state index in [0.29, 0.717) is 0 Å². The third kappa shape index (κ3) is 5.57. The zero-order chi connectivity index (χ0) is 12.7. The van der Waals surface area contributed by atoms with Crippen molar-refractivity contribution in [2.45, 2.75) is 65.2 Å². The first-order valence-corrected chi connectivity index (χ1v) is 7.36. The summed E-state index contributed by atoms with van der Waals surface area (Å²) in [4.78, 5) is 0. The molecule has 0 aromatic heterocycles. The molecular weight excluding hydrogens is 204 g/mol. The highest BCUT2D eigenvalue weighted by atomic mass is 14.4. The third-order valence-electron chi connectivity index (χ3n) is 4.15. The summed E-state index contributed by atoms with van der Waals surface area (Å²) >= 11 is 0. The quantitative estimate of drug-likeness (QED) is 0.533. The smallest absolute Gasteiger partial charge is 0.0325 e. The van der Waals surface area contributed by atoms with Crippen LogP contribution in [0.3, 0.4) is 0 Å². The van der Waals surface area contributed by atoms with Crippen molar-refractivity contribution in [2.24, 2.45) is 17.8 Å². The van der Waals surface area contributed by atoms with Gasteiger partial charge in [0.05, 0.1) is 0 Å². The van der Waals surface area contributed by atoms with Crippen molar-refractivity contribution in [2.75, 3.05) is 0 Å². The summed E-state index contributed by atoms with van der Waals surface area (Å²) < 4.78 is 0. The van der Waals surface area contributed by atoms with Crippen LogP contribution in [0, 0.1) is 17.8 Å². The summed E-state index contributed by atoms with van der Waals surface area (Å²) in [6.45, 7) is 11.4. The van der Waals surface area contributed by atoms with E-state index < -0.39 is 0 Å². The number of allylic oxidation sites excluding steroid dienone is 2. The summed E-state index contributed by atoms with van der Waals surface area (Å²) in [5.41, 5.74) is 1.17. The van der Waals surface area contributed by atoms with Gasteiger partial charge in [0.25, 0.3) is 0 Å². The average molecular weight is 234 g/mol. The van der Waals surface area contributed by atoms with Crippen molar-refractivity contribution in [3.8, 4) is 0 Å². The minimum absolute atomic E-state index is 0.983. The molecule has 3 unspecified atom stereocenters. The van der Waals surface area contributed by atoms with Crippen LogP contribution in [-0.2, 0) is 0 Å². The molecule has 17 heavy (non-hydrogen) atoms. The van der Waals surface area contributed by atoms with Crippen molar-refractivity contribution in [1.82, 2.24) is 0 Å². The summed E-state index contributed by atoms with van der Waals surface area (Å²) in [7, 11) is 0. The van der Waals surface area contributed by atoms with Gasteiger partial charge in [-0.05, 0) is 57.3 Å². The van der Waals surface area contributed by atoms with Gasteiger partial charge in [-0.2, -0.15) is 0 Å². The molecule has 2 aliphatic rings. The second-order valence-electron chi connectivity index (χ2n) is 6.22. The Kier molecular flexibility index (Phi) is 6.62. The van der Waals surface area contributed by atoms with Gasteiger partial charge in [-0.3, -0.25) is 0 Å². The Morgan fingerprint density at radius 2 is 1.65 bits per heavy atom. The Balaban J connectivity index is 0.000000317. The lowest BCUT2D eigenvalue weighted by molar-refractivity contribution is 0.131. The Bertz CT molecular complexity index is 234. The van der Waals surface area contributed by atoms with Crippen molar-refractivity contribution < 1.29 is 0 Å². The summed E-state index contributed by atoms with van der Waals surface area (Å²) in [5.74, 6) is 3.18. The first-order valence-electron chi connectivity index (χ1n) is 7.36. The van der Waals surface area contributed by atoms with Crippen LogP contribution in [0.15, 0.2) is 24.8 Å². The van der Waals surface area contributed by atoms with E-state index >= 15 is 0 Å². The minimum Gasteiger partial charge on any atom is -0.103 e. The lowest BCUT2D eigenvalue weighted by atomic mass is 9.67. The van der Waals surface area contributed by atoms with E-state index in [-0.39, 0.29) is 0 Å². The summed E-state index contributed by atoms with van der Waals surface area (Å²) in [6, 6.07) is 0. The van der Waals surface area contributed by atoms with Gasteiger partial charge in [0.15, 0.2) is 0 Å². The van der Waals surface area contributed by atoms with Gasteiger partial charge in [0.1, 0.15) is 0 Å². The second-order valence-corrected chi connectivity index (χ2v) is 6.22. The Morgan fingerprint density at radius 1 is 1.06 bits per heavy atom. The third-order valence-corrected chi connectivity index (χ3v) is 4.15. The fourth-order valence-electron chi connectivity index (χ4n) is 3.42. The molecule has 0 heterocycles. The molecule has 2 fully saturated rings. The van der Waals surface area contributed by atoms with E-state index in [1.54, 1.807) is 0 Å². The standard InChI is InChI=1S/C13H22.C4H8/c1-2-5-11-8-9-12-6-3-4-7-13(12)10-11;1-4(2)3/h2,11-13H,1,3-10H2;1H2,2-3H3. The molecule has 0 saturated heterocycles. The summed E-state index contributed by atoms with van der Waals surface area (Å²) in [5, 5.41) is 0. The van der Waals surface area contributed by atoms with Gasteiger partial charge < -0.3 is 0 Å². The molecule has 0 amide bonds. The largest absolute Gasteiger partial charge is 0.103 e. The highest BCUT2D eigenvalue weighted by molar-refractivity contribution is 4.85. The van der Waals surface area contributed by atoms with Gasteiger partial charge in [0.2, 0.25) is 0 Å². The fourth-order valence-corrected chi connectivity index (χ4v) is 3.42. The monoisotopic (exact) mass is 234 g/mol. The molecule has 98 valence electrons. The van der Waals surface area contributed by atoms with Crippen LogP contribution >= 0.6 is 0 Å². The van der Waals surface area contributed by atoms with Crippen molar-refractivity contribution in [3.05, 3.63) is 24.8 Å². The van der Waals surface area contributed by atoms with Gasteiger partial charge in [-0.15, -0.1) is 13.2 Å². The van der Waals surface area contributed by atoms with Crippen LogP contribution < -0.4 is 0 Å². The first-order chi connectivity index (χ1) is 8.13. The maximum absolute atomic E-state index is 3.86. The van der Waals surface area contributed by atoms with Crippen LogP contribution in [0.2, 0.25) is 0 Å². The molecule has 0 aromatic carbocycles. The molecule has 2 saturated carbocycles. The van der Waals surface area contributed by atoms with Gasteiger partial charge in [-0.1, -0.05) is 37.3 Å². The SMILES string of the molecule is C=C(C)C.C=CCC1CCC2CCCCC2C1. The number of rotatable bonds is 2. The van der Waals surface area contributed by atoms with Crippen LogP contribution in [-0.4, -0.2) is 0 Å². The zero-order valence-electron chi connectivity index (χ0n) is 11.9. The maximum Gasteiger partial charge on any atom is -0.0325 e. The molecule has 0 N–H and O–H groups in total. The van der Waals surface area contributed by atoms with E-state index in [0.717, 1.165) is 17.8 Å². The average Bonchev–Trinajstić information content (AvgIpc) is 2.29. The van der Waals surface area contributed by atoms with Crippen molar-refractivity contribution in [3.63, 3.8) is 0 Å². The number of hydrogen-bond acceptors (Lipinski definition) is 0. The molecule has 0 heteroatoms. The second kappa shape index (κ2) is 7.74. The molecule has 0 aliphatic heterocycles. The predicted octanol–water partition coefficient (Wildman–Crippen LogP) is 5.75. The Labute approximate surface area is 108 Å². The molecule has 2 rings (SSSR count). The zero-order valence-corrected chi connectivity index (χ0v) is 11.9. The van der Waals surface area contributed by atoms with Crippen LogP contribution in [0.4, 0.5) is 0 Å². The fraction of sp³-hybridized carbons (Fsp3) is 0.765. The van der Waals surface area contributed by atoms with Gasteiger partial charge in [-0.25, -0.2) is 0 Å². The minimum atomic E-state index is 0.983. The lowest BCUT2D eigenvalue weighted by Crippen LogP contribution is -2.27.